The van der Waals surface area contributed by atoms with Crippen molar-refractivity contribution in [2.75, 3.05) is 5.32 Å². The molecule has 2 N–H and O–H groups in total. The molecular formula is C15H20Br2N2O. The number of hydrogen-bond acceptors (Lipinski definition) is 2. The molecule has 0 heterocycles. The van der Waals surface area contributed by atoms with Crippen LogP contribution in [0.15, 0.2) is 27.1 Å². The molecule has 1 saturated carbocycles. The number of para-hydroxylation sites is 1. The Morgan fingerprint density at radius 2 is 1.80 bits per heavy atom. The molecule has 0 radical (unpaired) electrons. The van der Waals surface area contributed by atoms with E-state index in [0.29, 0.717) is 6.04 Å². The van der Waals surface area contributed by atoms with E-state index in [9.17, 15) is 4.79 Å². The first kappa shape index (κ1) is 15.8. The smallest absolute Gasteiger partial charge is 0.242 e. The molecule has 3 nitrogen and oxygen atoms in total. The molecule has 1 aromatic carbocycles. The number of nitrogens with one attached hydrogen (secondary N) is 2. The van der Waals surface area contributed by atoms with Gasteiger partial charge in [0.2, 0.25) is 5.91 Å². The van der Waals surface area contributed by atoms with Crippen LogP contribution in [0.25, 0.3) is 0 Å². The van der Waals surface area contributed by atoms with E-state index in [2.05, 4.69) is 42.5 Å². The van der Waals surface area contributed by atoms with Gasteiger partial charge in [-0.25, -0.2) is 0 Å². The molecule has 1 aliphatic carbocycles. The van der Waals surface area contributed by atoms with Gasteiger partial charge < -0.3 is 10.6 Å². The van der Waals surface area contributed by atoms with Gasteiger partial charge in [0.15, 0.2) is 0 Å². The van der Waals surface area contributed by atoms with Gasteiger partial charge in [0.05, 0.1) is 5.69 Å². The standard InChI is InChI=1S/C15H20Br2N2O/c1-10(15(20)19-11-6-3-2-4-7-11)18-14-12(16)8-5-9-13(14)17/h5,8-11,18H,2-4,6-7H2,1H3,(H,19,20). The van der Waals surface area contributed by atoms with Crippen molar-refractivity contribution < 1.29 is 4.79 Å². The van der Waals surface area contributed by atoms with Crippen molar-refractivity contribution >= 4 is 43.5 Å². The van der Waals surface area contributed by atoms with Crippen LogP contribution in [0.2, 0.25) is 0 Å². The average Bonchev–Trinajstić information content (AvgIpc) is 2.44. The lowest BCUT2D eigenvalue weighted by atomic mass is 9.95. The van der Waals surface area contributed by atoms with Gasteiger partial charge in [0.1, 0.15) is 6.04 Å². The Bertz CT molecular complexity index is 453. The van der Waals surface area contributed by atoms with Gasteiger partial charge in [0.25, 0.3) is 0 Å². The molecule has 5 heteroatoms. The molecule has 1 aliphatic rings. The molecule has 20 heavy (non-hydrogen) atoms. The minimum atomic E-state index is -0.257. The first-order chi connectivity index (χ1) is 9.58. The summed E-state index contributed by atoms with van der Waals surface area (Å²) in [4.78, 5) is 12.2. The Kier molecular flexibility index (Phi) is 5.90. The zero-order valence-electron chi connectivity index (χ0n) is 11.6. The maximum absolute atomic E-state index is 12.2. The second-order valence-electron chi connectivity index (χ2n) is 5.31. The largest absolute Gasteiger partial charge is 0.372 e. The number of anilines is 1. The third kappa shape index (κ3) is 4.22. The quantitative estimate of drug-likeness (QED) is 0.778. The molecule has 110 valence electrons. The van der Waals surface area contributed by atoms with Crippen molar-refractivity contribution in [3.63, 3.8) is 0 Å². The highest BCUT2D eigenvalue weighted by atomic mass is 79.9. The van der Waals surface area contributed by atoms with Gasteiger partial charge in [0, 0.05) is 15.0 Å². The number of rotatable bonds is 4. The molecule has 1 unspecified atom stereocenters. The van der Waals surface area contributed by atoms with Crippen molar-refractivity contribution in [2.24, 2.45) is 0 Å². The van der Waals surface area contributed by atoms with Gasteiger partial charge in [-0.1, -0.05) is 25.3 Å². The third-order valence-corrected chi connectivity index (χ3v) is 4.99. The molecule has 0 bridgehead atoms. The van der Waals surface area contributed by atoms with Gasteiger partial charge in [-0.2, -0.15) is 0 Å². The van der Waals surface area contributed by atoms with Crippen LogP contribution in [-0.2, 0) is 4.79 Å². The van der Waals surface area contributed by atoms with Gasteiger partial charge in [-0.05, 0) is 63.8 Å². The molecule has 1 fully saturated rings. The SMILES string of the molecule is CC(Nc1c(Br)cccc1Br)C(=O)NC1CCCCC1. The molecule has 1 atom stereocenters. The molecular weight excluding hydrogens is 384 g/mol. The monoisotopic (exact) mass is 402 g/mol. The number of carbonyl (C=O) groups excluding carboxylic acids is 1. The van der Waals surface area contributed by atoms with Crippen molar-refractivity contribution in [1.82, 2.24) is 5.32 Å². The average molecular weight is 404 g/mol. The van der Waals surface area contributed by atoms with E-state index < -0.39 is 0 Å². The molecule has 1 aromatic rings. The molecule has 2 rings (SSSR count). The zero-order chi connectivity index (χ0) is 14.5. The van der Waals surface area contributed by atoms with Crippen molar-refractivity contribution in [3.05, 3.63) is 27.1 Å². The molecule has 0 aliphatic heterocycles. The predicted molar refractivity (Wildman–Crippen MR) is 89.9 cm³/mol. The van der Waals surface area contributed by atoms with Crippen LogP contribution in [0.1, 0.15) is 39.0 Å². The highest BCUT2D eigenvalue weighted by Crippen LogP contribution is 2.31. The minimum absolute atomic E-state index is 0.0690. The van der Waals surface area contributed by atoms with Gasteiger partial charge in [-0.15, -0.1) is 0 Å². The predicted octanol–water partition coefficient (Wildman–Crippen LogP) is 4.46. The van der Waals surface area contributed by atoms with E-state index in [1.165, 1.54) is 19.3 Å². The molecule has 1 amide bonds. The third-order valence-electron chi connectivity index (χ3n) is 3.67. The second kappa shape index (κ2) is 7.46. The number of halogens is 2. The van der Waals surface area contributed by atoms with Crippen LogP contribution < -0.4 is 10.6 Å². The number of amides is 1. The summed E-state index contributed by atoms with van der Waals surface area (Å²) >= 11 is 7.00. The van der Waals surface area contributed by atoms with Crippen molar-refractivity contribution in [2.45, 2.75) is 51.1 Å². The van der Waals surface area contributed by atoms with Crippen LogP contribution in [0.4, 0.5) is 5.69 Å². The number of hydrogen-bond donors (Lipinski definition) is 2. The summed E-state index contributed by atoms with van der Waals surface area (Å²) in [5.41, 5.74) is 0.916. The van der Waals surface area contributed by atoms with E-state index >= 15 is 0 Å². The summed E-state index contributed by atoms with van der Waals surface area (Å²) in [7, 11) is 0. The lowest BCUT2D eigenvalue weighted by Gasteiger charge is -2.25. The van der Waals surface area contributed by atoms with Crippen LogP contribution in [0, 0.1) is 0 Å². The van der Waals surface area contributed by atoms with Crippen molar-refractivity contribution in [1.29, 1.82) is 0 Å². The topological polar surface area (TPSA) is 41.1 Å². The van der Waals surface area contributed by atoms with E-state index in [1.807, 2.05) is 25.1 Å². The Hall–Kier alpha value is -0.550. The number of benzene rings is 1. The van der Waals surface area contributed by atoms with Gasteiger partial charge >= 0.3 is 0 Å². The van der Waals surface area contributed by atoms with E-state index in [-0.39, 0.29) is 11.9 Å². The van der Waals surface area contributed by atoms with Crippen LogP contribution in [0.5, 0.6) is 0 Å². The van der Waals surface area contributed by atoms with E-state index in [0.717, 1.165) is 27.5 Å². The van der Waals surface area contributed by atoms with Crippen LogP contribution >= 0.6 is 31.9 Å². The van der Waals surface area contributed by atoms with Crippen LogP contribution in [0.3, 0.4) is 0 Å². The summed E-state index contributed by atoms with van der Waals surface area (Å²) in [6, 6.07) is 5.96. The minimum Gasteiger partial charge on any atom is -0.372 e. The number of carbonyl (C=O) groups is 1. The fourth-order valence-electron chi connectivity index (χ4n) is 2.49. The fraction of sp³-hybridized carbons (Fsp3) is 0.533. The molecule has 0 saturated heterocycles. The summed E-state index contributed by atoms with van der Waals surface area (Å²) < 4.78 is 1.90. The Balaban J connectivity index is 1.93. The summed E-state index contributed by atoms with van der Waals surface area (Å²) in [6.07, 6.45) is 5.96. The molecule has 0 spiro atoms. The maximum atomic E-state index is 12.2. The first-order valence-electron chi connectivity index (χ1n) is 7.09. The zero-order valence-corrected chi connectivity index (χ0v) is 14.8. The van der Waals surface area contributed by atoms with E-state index in [4.69, 9.17) is 0 Å². The lowest BCUT2D eigenvalue weighted by Crippen LogP contribution is -2.44. The highest BCUT2D eigenvalue weighted by Gasteiger charge is 2.20. The van der Waals surface area contributed by atoms with Gasteiger partial charge in [-0.3, -0.25) is 4.79 Å². The first-order valence-corrected chi connectivity index (χ1v) is 8.67. The van der Waals surface area contributed by atoms with Crippen molar-refractivity contribution in [3.8, 4) is 0 Å². The molecule has 0 aromatic heterocycles. The Morgan fingerprint density at radius 3 is 2.40 bits per heavy atom. The van der Waals surface area contributed by atoms with E-state index in [1.54, 1.807) is 0 Å². The Morgan fingerprint density at radius 1 is 1.20 bits per heavy atom. The second-order valence-corrected chi connectivity index (χ2v) is 7.01. The fourth-order valence-corrected chi connectivity index (χ4v) is 3.72. The maximum Gasteiger partial charge on any atom is 0.242 e. The summed E-state index contributed by atoms with van der Waals surface area (Å²) in [5, 5.41) is 6.41. The summed E-state index contributed by atoms with van der Waals surface area (Å²) in [5.74, 6) is 0.0690. The normalized spacial score (nSPS) is 17.6. The van der Waals surface area contributed by atoms with Crippen LogP contribution in [-0.4, -0.2) is 18.0 Å². The Labute approximate surface area is 137 Å². The lowest BCUT2D eigenvalue weighted by molar-refractivity contribution is -0.122. The highest BCUT2D eigenvalue weighted by molar-refractivity contribution is 9.11. The summed E-state index contributed by atoms with van der Waals surface area (Å²) in [6.45, 7) is 1.89.